The zero-order valence-electron chi connectivity index (χ0n) is 10.8. The number of sulfonamides is 1. The largest absolute Gasteiger partial charge is 0.355 e. The minimum absolute atomic E-state index is 0. The fourth-order valence-electron chi connectivity index (χ4n) is 1.68. The maximum atomic E-state index is 11.8. The highest BCUT2D eigenvalue weighted by atomic mass is 35.5. The number of nitrogens with one attached hydrogen (secondary N) is 2. The van der Waals surface area contributed by atoms with Crippen LogP contribution in [0.15, 0.2) is 0 Å². The molecule has 1 amide bonds. The van der Waals surface area contributed by atoms with Gasteiger partial charge in [-0.3, -0.25) is 4.79 Å². The van der Waals surface area contributed by atoms with E-state index in [1.807, 2.05) is 0 Å². The minimum atomic E-state index is -3.45. The van der Waals surface area contributed by atoms with Crippen LogP contribution in [0, 0.1) is 5.92 Å². The fraction of sp³-hybridized carbons (Fsp3) is 0.900. The van der Waals surface area contributed by atoms with Gasteiger partial charge in [0.25, 0.3) is 0 Å². The monoisotopic (exact) mass is 299 g/mol. The zero-order valence-corrected chi connectivity index (χ0v) is 12.4. The second-order valence-corrected chi connectivity index (χ2v) is 6.14. The van der Waals surface area contributed by atoms with E-state index in [-0.39, 0.29) is 12.4 Å². The molecule has 0 radical (unpaired) electrons. The standard InChI is InChI=1S/C10H21N3O3S.ClH/c1-3-13(4-2)17(15,16)8-10(14)12-7-9-5-11-6-9;/h9,11H,3-8H2,1-2H3,(H,12,14);1H. The van der Waals surface area contributed by atoms with Gasteiger partial charge in [0.1, 0.15) is 5.75 Å². The van der Waals surface area contributed by atoms with Gasteiger partial charge in [-0.05, 0) is 0 Å². The highest BCUT2D eigenvalue weighted by Gasteiger charge is 2.24. The van der Waals surface area contributed by atoms with Crippen molar-refractivity contribution in [3.05, 3.63) is 0 Å². The molecule has 0 aliphatic carbocycles. The second kappa shape index (κ2) is 7.93. The first-order chi connectivity index (χ1) is 7.99. The Morgan fingerprint density at radius 1 is 1.33 bits per heavy atom. The molecule has 0 aromatic carbocycles. The molecule has 1 heterocycles. The Bertz CT molecular complexity index is 353. The lowest BCUT2D eigenvalue weighted by Gasteiger charge is -2.27. The Hall–Kier alpha value is -0.370. The van der Waals surface area contributed by atoms with Crippen molar-refractivity contribution in [2.45, 2.75) is 13.8 Å². The van der Waals surface area contributed by atoms with Crippen LogP contribution in [-0.2, 0) is 14.8 Å². The molecule has 2 N–H and O–H groups in total. The number of rotatable bonds is 7. The smallest absolute Gasteiger partial charge is 0.236 e. The highest BCUT2D eigenvalue weighted by Crippen LogP contribution is 2.02. The van der Waals surface area contributed by atoms with E-state index in [0.717, 1.165) is 13.1 Å². The first-order valence-corrected chi connectivity index (χ1v) is 7.55. The number of hydrogen-bond acceptors (Lipinski definition) is 4. The third-order valence-electron chi connectivity index (χ3n) is 2.87. The van der Waals surface area contributed by atoms with Crippen molar-refractivity contribution in [2.24, 2.45) is 5.92 Å². The lowest BCUT2D eigenvalue weighted by molar-refractivity contribution is -0.118. The molecule has 1 aliphatic heterocycles. The number of hydrogen-bond donors (Lipinski definition) is 2. The first-order valence-electron chi connectivity index (χ1n) is 5.94. The molecular formula is C10H22ClN3O3S. The summed E-state index contributed by atoms with van der Waals surface area (Å²) in [7, 11) is -3.45. The van der Waals surface area contributed by atoms with E-state index in [9.17, 15) is 13.2 Å². The summed E-state index contributed by atoms with van der Waals surface area (Å²) < 4.78 is 24.9. The third-order valence-corrected chi connectivity index (χ3v) is 4.80. The van der Waals surface area contributed by atoms with Crippen LogP contribution in [0.5, 0.6) is 0 Å². The number of carbonyl (C=O) groups excluding carboxylic acids is 1. The van der Waals surface area contributed by atoms with E-state index < -0.39 is 21.7 Å². The van der Waals surface area contributed by atoms with Gasteiger partial charge in [-0.2, -0.15) is 0 Å². The summed E-state index contributed by atoms with van der Waals surface area (Å²) in [4.78, 5) is 11.5. The normalized spacial score (nSPS) is 15.9. The molecule has 0 unspecified atom stereocenters. The van der Waals surface area contributed by atoms with Gasteiger partial charge in [0, 0.05) is 38.6 Å². The summed E-state index contributed by atoms with van der Waals surface area (Å²) in [6.07, 6.45) is 0. The molecule has 1 fully saturated rings. The zero-order chi connectivity index (χ0) is 12.9. The van der Waals surface area contributed by atoms with Crippen LogP contribution in [0.1, 0.15) is 13.8 Å². The molecule has 108 valence electrons. The van der Waals surface area contributed by atoms with Gasteiger partial charge in [0.2, 0.25) is 15.9 Å². The molecule has 18 heavy (non-hydrogen) atoms. The number of amides is 1. The molecule has 0 atom stereocenters. The van der Waals surface area contributed by atoms with E-state index in [4.69, 9.17) is 0 Å². The Morgan fingerprint density at radius 2 is 1.89 bits per heavy atom. The summed E-state index contributed by atoms with van der Waals surface area (Å²) in [6, 6.07) is 0. The minimum Gasteiger partial charge on any atom is -0.355 e. The Labute approximate surface area is 115 Å². The van der Waals surface area contributed by atoms with Gasteiger partial charge in [0.05, 0.1) is 0 Å². The maximum Gasteiger partial charge on any atom is 0.236 e. The number of halogens is 1. The van der Waals surface area contributed by atoms with Crippen molar-refractivity contribution in [2.75, 3.05) is 38.5 Å². The molecule has 6 nitrogen and oxygen atoms in total. The lowest BCUT2D eigenvalue weighted by atomic mass is 10.0. The van der Waals surface area contributed by atoms with E-state index in [1.54, 1.807) is 13.8 Å². The van der Waals surface area contributed by atoms with Crippen molar-refractivity contribution in [1.29, 1.82) is 0 Å². The topological polar surface area (TPSA) is 78.5 Å². The van der Waals surface area contributed by atoms with E-state index in [1.165, 1.54) is 4.31 Å². The molecule has 0 bridgehead atoms. The van der Waals surface area contributed by atoms with Crippen molar-refractivity contribution < 1.29 is 13.2 Å². The van der Waals surface area contributed by atoms with Crippen molar-refractivity contribution >= 4 is 28.3 Å². The first kappa shape index (κ1) is 17.6. The average molecular weight is 300 g/mol. The second-order valence-electron chi connectivity index (χ2n) is 4.17. The van der Waals surface area contributed by atoms with Gasteiger partial charge in [-0.25, -0.2) is 12.7 Å². The summed E-state index contributed by atoms with van der Waals surface area (Å²) in [6.45, 7) is 6.67. The third kappa shape index (κ3) is 5.09. The van der Waals surface area contributed by atoms with Crippen LogP contribution in [0.4, 0.5) is 0 Å². The number of nitrogens with zero attached hydrogens (tertiary/aromatic N) is 1. The summed E-state index contributed by atoms with van der Waals surface area (Å²) >= 11 is 0. The molecule has 0 saturated carbocycles. The van der Waals surface area contributed by atoms with Crippen LogP contribution in [0.3, 0.4) is 0 Å². The maximum absolute atomic E-state index is 11.8. The molecule has 8 heteroatoms. The molecule has 1 saturated heterocycles. The SMILES string of the molecule is CCN(CC)S(=O)(=O)CC(=O)NCC1CNC1.Cl. The van der Waals surface area contributed by atoms with Crippen molar-refractivity contribution in [3.63, 3.8) is 0 Å². The molecule has 0 aromatic heterocycles. The summed E-state index contributed by atoms with van der Waals surface area (Å²) in [5, 5.41) is 5.75. The molecule has 0 spiro atoms. The van der Waals surface area contributed by atoms with Gasteiger partial charge in [0.15, 0.2) is 0 Å². The van der Waals surface area contributed by atoms with Crippen LogP contribution in [0.25, 0.3) is 0 Å². The molecule has 1 rings (SSSR count). The number of carbonyl (C=O) groups is 1. The van der Waals surface area contributed by atoms with Crippen LogP contribution in [0.2, 0.25) is 0 Å². The van der Waals surface area contributed by atoms with Gasteiger partial charge in [-0.15, -0.1) is 12.4 Å². The summed E-state index contributed by atoms with van der Waals surface area (Å²) in [5.74, 6) is -0.423. The Balaban J connectivity index is 0.00000289. The predicted molar refractivity (Wildman–Crippen MR) is 73.3 cm³/mol. The van der Waals surface area contributed by atoms with E-state index >= 15 is 0 Å². The molecular weight excluding hydrogens is 278 g/mol. The molecule has 0 aromatic rings. The Morgan fingerprint density at radius 3 is 2.28 bits per heavy atom. The highest BCUT2D eigenvalue weighted by molar-refractivity contribution is 7.89. The van der Waals surface area contributed by atoms with Gasteiger partial charge >= 0.3 is 0 Å². The average Bonchev–Trinajstić information content (AvgIpc) is 2.15. The lowest BCUT2D eigenvalue weighted by Crippen LogP contribution is -2.49. The van der Waals surface area contributed by atoms with Crippen LogP contribution >= 0.6 is 12.4 Å². The van der Waals surface area contributed by atoms with Crippen molar-refractivity contribution in [3.8, 4) is 0 Å². The van der Waals surface area contributed by atoms with Crippen LogP contribution < -0.4 is 10.6 Å². The van der Waals surface area contributed by atoms with E-state index in [2.05, 4.69) is 10.6 Å². The van der Waals surface area contributed by atoms with Crippen molar-refractivity contribution in [1.82, 2.24) is 14.9 Å². The summed E-state index contributed by atoms with van der Waals surface area (Å²) in [5.41, 5.74) is 0. The fourth-order valence-corrected chi connectivity index (χ4v) is 3.08. The van der Waals surface area contributed by atoms with Crippen LogP contribution in [-0.4, -0.2) is 57.1 Å². The Kier molecular flexibility index (Phi) is 7.77. The quantitative estimate of drug-likeness (QED) is 0.659. The predicted octanol–water partition coefficient (Wildman–Crippen LogP) is -0.585. The molecule has 1 aliphatic rings. The van der Waals surface area contributed by atoms with E-state index in [0.29, 0.717) is 25.6 Å². The van der Waals surface area contributed by atoms with Gasteiger partial charge < -0.3 is 10.6 Å². The van der Waals surface area contributed by atoms with Gasteiger partial charge in [-0.1, -0.05) is 13.8 Å².